The Kier molecular flexibility index (Phi) is 8.52. The van der Waals surface area contributed by atoms with Crippen molar-refractivity contribution in [2.75, 3.05) is 26.0 Å². The zero-order chi connectivity index (χ0) is 6.95. The monoisotopic (exact) mass is 149 g/mol. The molecule has 0 saturated carbocycles. The van der Waals surface area contributed by atoms with Crippen LogP contribution in [0.2, 0.25) is 0 Å². The predicted molar refractivity (Wildman–Crippen MR) is 42.6 cm³/mol. The Morgan fingerprint density at radius 3 is 2.78 bits per heavy atom. The Labute approximate surface area is 61.5 Å². The third kappa shape index (κ3) is 8.27. The lowest BCUT2D eigenvalue weighted by atomic mass is 10.5. The SMILES string of the molecule is CCCOCCNSC. The minimum atomic E-state index is 0.828. The quantitative estimate of drug-likeness (QED) is 0.454. The number of hydrogen-bond donors (Lipinski definition) is 1. The molecular formula is C6H15NOS. The normalized spacial score (nSPS) is 10.0. The van der Waals surface area contributed by atoms with E-state index in [-0.39, 0.29) is 0 Å². The van der Waals surface area contributed by atoms with Crippen LogP contribution >= 0.6 is 11.9 Å². The number of nitrogens with one attached hydrogen (secondary N) is 1. The summed E-state index contributed by atoms with van der Waals surface area (Å²) < 4.78 is 8.31. The van der Waals surface area contributed by atoms with Crippen molar-refractivity contribution in [3.63, 3.8) is 0 Å². The second-order valence-electron chi connectivity index (χ2n) is 1.71. The van der Waals surface area contributed by atoms with Crippen LogP contribution in [-0.2, 0) is 4.74 Å². The molecule has 0 rings (SSSR count). The molecule has 0 aliphatic rings. The average Bonchev–Trinajstić information content (AvgIpc) is 1.89. The Bertz CT molecular complexity index is 46.3. The van der Waals surface area contributed by atoms with Gasteiger partial charge in [-0.15, -0.1) is 0 Å². The molecule has 0 aromatic carbocycles. The molecule has 0 aliphatic heterocycles. The van der Waals surface area contributed by atoms with E-state index in [0.29, 0.717) is 0 Å². The smallest absolute Gasteiger partial charge is 0.0600 e. The van der Waals surface area contributed by atoms with Crippen molar-refractivity contribution >= 4 is 11.9 Å². The van der Waals surface area contributed by atoms with Gasteiger partial charge in [-0.2, -0.15) is 0 Å². The van der Waals surface area contributed by atoms with E-state index in [4.69, 9.17) is 4.74 Å². The summed E-state index contributed by atoms with van der Waals surface area (Å²) in [4.78, 5) is 0. The summed E-state index contributed by atoms with van der Waals surface area (Å²) in [6.45, 7) is 4.77. The molecule has 0 unspecified atom stereocenters. The topological polar surface area (TPSA) is 21.3 Å². The Morgan fingerprint density at radius 2 is 2.22 bits per heavy atom. The van der Waals surface area contributed by atoms with E-state index in [0.717, 1.165) is 26.2 Å². The number of hydrogen-bond acceptors (Lipinski definition) is 3. The maximum absolute atomic E-state index is 5.21. The summed E-state index contributed by atoms with van der Waals surface area (Å²) in [5, 5.41) is 0. The maximum atomic E-state index is 5.21. The van der Waals surface area contributed by atoms with Crippen LogP contribution < -0.4 is 4.72 Å². The summed E-state index contributed by atoms with van der Waals surface area (Å²) in [5.41, 5.74) is 0. The van der Waals surface area contributed by atoms with Gasteiger partial charge in [0.05, 0.1) is 6.61 Å². The van der Waals surface area contributed by atoms with Gasteiger partial charge in [0, 0.05) is 13.2 Å². The van der Waals surface area contributed by atoms with Gasteiger partial charge in [-0.05, 0) is 12.7 Å². The number of ether oxygens (including phenoxy) is 1. The first kappa shape index (κ1) is 9.27. The van der Waals surface area contributed by atoms with E-state index in [1.165, 1.54) is 0 Å². The van der Waals surface area contributed by atoms with Crippen LogP contribution in [0, 0.1) is 0 Å². The molecule has 0 atom stereocenters. The van der Waals surface area contributed by atoms with Gasteiger partial charge in [-0.3, -0.25) is 4.72 Å². The molecule has 0 radical (unpaired) electrons. The standard InChI is InChI=1S/C6H15NOS/c1-3-5-8-6-4-7-9-2/h7H,3-6H2,1-2H3. The first-order valence-electron chi connectivity index (χ1n) is 3.25. The van der Waals surface area contributed by atoms with Crippen molar-refractivity contribution in [3.05, 3.63) is 0 Å². The van der Waals surface area contributed by atoms with Gasteiger partial charge in [0.1, 0.15) is 0 Å². The summed E-state index contributed by atoms with van der Waals surface area (Å²) in [6, 6.07) is 0. The lowest BCUT2D eigenvalue weighted by Gasteiger charge is -2.00. The van der Waals surface area contributed by atoms with Crippen LogP contribution in [0.1, 0.15) is 13.3 Å². The van der Waals surface area contributed by atoms with Gasteiger partial charge in [-0.1, -0.05) is 18.9 Å². The number of rotatable bonds is 6. The fourth-order valence-electron chi connectivity index (χ4n) is 0.462. The van der Waals surface area contributed by atoms with Crippen molar-refractivity contribution in [2.24, 2.45) is 0 Å². The van der Waals surface area contributed by atoms with Gasteiger partial charge < -0.3 is 4.74 Å². The summed E-state index contributed by atoms with van der Waals surface area (Å²) in [7, 11) is 0. The lowest BCUT2D eigenvalue weighted by molar-refractivity contribution is 0.140. The zero-order valence-corrected chi connectivity index (χ0v) is 6.96. The molecule has 0 aliphatic carbocycles. The van der Waals surface area contributed by atoms with Crippen LogP contribution in [0.25, 0.3) is 0 Å². The lowest BCUT2D eigenvalue weighted by Crippen LogP contribution is -2.11. The second kappa shape index (κ2) is 8.27. The fourth-order valence-corrected chi connectivity index (χ4v) is 0.750. The second-order valence-corrected chi connectivity index (χ2v) is 2.41. The molecule has 0 heterocycles. The van der Waals surface area contributed by atoms with Gasteiger partial charge in [-0.25, -0.2) is 0 Å². The Hall–Kier alpha value is 0.270. The minimum Gasteiger partial charge on any atom is -0.380 e. The van der Waals surface area contributed by atoms with E-state index in [9.17, 15) is 0 Å². The highest BCUT2D eigenvalue weighted by Crippen LogP contribution is 1.82. The molecule has 3 heteroatoms. The van der Waals surface area contributed by atoms with Crippen LogP contribution in [0.15, 0.2) is 0 Å². The van der Waals surface area contributed by atoms with Crippen molar-refractivity contribution in [1.29, 1.82) is 0 Å². The summed E-state index contributed by atoms with van der Waals surface area (Å²) >= 11 is 1.63. The molecule has 0 aromatic heterocycles. The third-order valence-electron chi connectivity index (χ3n) is 0.841. The van der Waals surface area contributed by atoms with Crippen molar-refractivity contribution in [1.82, 2.24) is 4.72 Å². The third-order valence-corrected chi connectivity index (χ3v) is 1.33. The predicted octanol–water partition coefficient (Wildman–Crippen LogP) is 1.28. The van der Waals surface area contributed by atoms with E-state index in [1.54, 1.807) is 11.9 Å². The molecule has 0 fully saturated rings. The minimum absolute atomic E-state index is 0.828. The zero-order valence-electron chi connectivity index (χ0n) is 6.14. The van der Waals surface area contributed by atoms with Gasteiger partial charge in [0.15, 0.2) is 0 Å². The maximum Gasteiger partial charge on any atom is 0.0600 e. The molecule has 0 aromatic rings. The first-order valence-corrected chi connectivity index (χ1v) is 4.48. The Morgan fingerprint density at radius 1 is 1.44 bits per heavy atom. The van der Waals surface area contributed by atoms with Crippen LogP contribution in [0.4, 0.5) is 0 Å². The van der Waals surface area contributed by atoms with Crippen molar-refractivity contribution in [2.45, 2.75) is 13.3 Å². The van der Waals surface area contributed by atoms with Crippen molar-refractivity contribution < 1.29 is 4.74 Å². The molecule has 2 nitrogen and oxygen atoms in total. The van der Waals surface area contributed by atoms with Crippen LogP contribution in [-0.4, -0.2) is 26.0 Å². The van der Waals surface area contributed by atoms with Crippen LogP contribution in [0.3, 0.4) is 0 Å². The van der Waals surface area contributed by atoms with Gasteiger partial charge in [0.25, 0.3) is 0 Å². The largest absolute Gasteiger partial charge is 0.380 e. The molecule has 0 amide bonds. The molecule has 56 valence electrons. The van der Waals surface area contributed by atoms with Crippen LogP contribution in [0.5, 0.6) is 0 Å². The molecule has 9 heavy (non-hydrogen) atoms. The molecular weight excluding hydrogens is 134 g/mol. The highest BCUT2D eigenvalue weighted by atomic mass is 32.2. The van der Waals surface area contributed by atoms with E-state index in [2.05, 4.69) is 11.6 Å². The van der Waals surface area contributed by atoms with E-state index in [1.807, 2.05) is 6.26 Å². The molecule has 0 bridgehead atoms. The van der Waals surface area contributed by atoms with Crippen molar-refractivity contribution in [3.8, 4) is 0 Å². The fraction of sp³-hybridized carbons (Fsp3) is 1.00. The highest BCUT2D eigenvalue weighted by Gasteiger charge is 1.83. The Balaban J connectivity index is 2.60. The highest BCUT2D eigenvalue weighted by molar-refractivity contribution is 7.96. The molecule has 1 N–H and O–H groups in total. The first-order chi connectivity index (χ1) is 4.41. The van der Waals surface area contributed by atoms with E-state index < -0.39 is 0 Å². The average molecular weight is 149 g/mol. The van der Waals surface area contributed by atoms with Gasteiger partial charge in [0.2, 0.25) is 0 Å². The summed E-state index contributed by atoms with van der Waals surface area (Å²) in [5.74, 6) is 0. The van der Waals surface area contributed by atoms with Gasteiger partial charge >= 0.3 is 0 Å². The van der Waals surface area contributed by atoms with E-state index >= 15 is 0 Å². The summed E-state index contributed by atoms with van der Waals surface area (Å²) in [6.07, 6.45) is 3.12. The molecule has 0 saturated heterocycles. The molecule has 0 spiro atoms.